The molecule has 146 valence electrons. The number of carbonyl (C=O) groups is 2. The van der Waals surface area contributed by atoms with Gasteiger partial charge in [-0.3, -0.25) is 18.7 Å². The van der Waals surface area contributed by atoms with E-state index in [2.05, 4.69) is 26.2 Å². The number of hydrogen-bond donors (Lipinski definition) is 1. The maximum atomic E-state index is 12.5. The second-order valence-corrected chi connectivity index (χ2v) is 6.90. The molecule has 2 heterocycles. The van der Waals surface area contributed by atoms with E-state index in [-0.39, 0.29) is 29.0 Å². The second-order valence-electron chi connectivity index (χ2n) is 5.98. The number of nitrogens with one attached hydrogen (secondary N) is 1. The van der Waals surface area contributed by atoms with E-state index in [9.17, 15) is 19.2 Å². The van der Waals surface area contributed by atoms with Crippen LogP contribution in [0.5, 0.6) is 0 Å². The van der Waals surface area contributed by atoms with Crippen LogP contribution in [0.4, 0.5) is 5.69 Å². The van der Waals surface area contributed by atoms with Gasteiger partial charge < -0.3 is 14.6 Å². The van der Waals surface area contributed by atoms with E-state index in [1.54, 1.807) is 12.1 Å². The Kier molecular flexibility index (Phi) is 5.18. The van der Waals surface area contributed by atoms with Crippen LogP contribution in [0.1, 0.15) is 10.4 Å². The summed E-state index contributed by atoms with van der Waals surface area (Å²) in [5.74, 6) is -1.09. The van der Waals surface area contributed by atoms with Crippen molar-refractivity contribution in [3.63, 3.8) is 0 Å². The number of nitrogens with zero attached hydrogens (tertiary/aromatic N) is 4. The van der Waals surface area contributed by atoms with Gasteiger partial charge in [-0.1, -0.05) is 15.9 Å². The van der Waals surface area contributed by atoms with E-state index in [4.69, 9.17) is 4.74 Å². The van der Waals surface area contributed by atoms with Crippen LogP contribution in [-0.4, -0.2) is 37.7 Å². The van der Waals surface area contributed by atoms with E-state index in [0.717, 1.165) is 4.57 Å². The lowest BCUT2D eigenvalue weighted by atomic mass is 10.2. The molecule has 11 heteroatoms. The summed E-state index contributed by atoms with van der Waals surface area (Å²) < 4.78 is 8.91. The fraction of sp³-hybridized carbons (Fsp3) is 0.235. The highest BCUT2D eigenvalue weighted by molar-refractivity contribution is 9.10. The molecule has 0 aliphatic rings. The molecule has 1 N–H and O–H groups in total. The highest BCUT2D eigenvalue weighted by atomic mass is 79.9. The van der Waals surface area contributed by atoms with Crippen LogP contribution in [0, 0.1) is 0 Å². The minimum absolute atomic E-state index is 0.128. The van der Waals surface area contributed by atoms with Crippen LogP contribution < -0.4 is 16.6 Å². The van der Waals surface area contributed by atoms with Gasteiger partial charge in [0.1, 0.15) is 6.54 Å². The SMILES string of the molecule is COC(=O)c1cc(Br)ccc1NC(=O)Cn1cnc2c1c(=O)n(C)c(=O)n2C. The first-order valence-electron chi connectivity index (χ1n) is 8.03. The minimum atomic E-state index is -0.603. The fourth-order valence-corrected chi connectivity index (χ4v) is 3.13. The number of amides is 1. The lowest BCUT2D eigenvalue weighted by molar-refractivity contribution is -0.116. The van der Waals surface area contributed by atoms with Crippen molar-refractivity contribution in [3.8, 4) is 0 Å². The second kappa shape index (κ2) is 7.43. The number of halogens is 1. The third-order valence-electron chi connectivity index (χ3n) is 4.19. The van der Waals surface area contributed by atoms with E-state index < -0.39 is 23.1 Å². The molecule has 0 saturated heterocycles. The molecule has 0 aliphatic heterocycles. The molecular formula is C17H16BrN5O5. The molecule has 0 unspecified atom stereocenters. The van der Waals surface area contributed by atoms with Crippen molar-refractivity contribution >= 4 is 44.7 Å². The lowest BCUT2D eigenvalue weighted by Crippen LogP contribution is -2.37. The number of aromatic nitrogens is 4. The first-order chi connectivity index (χ1) is 13.2. The van der Waals surface area contributed by atoms with Crippen molar-refractivity contribution in [2.24, 2.45) is 14.1 Å². The van der Waals surface area contributed by atoms with Crippen LogP contribution in [0.25, 0.3) is 11.2 Å². The molecule has 0 bridgehead atoms. The van der Waals surface area contributed by atoms with Gasteiger partial charge >= 0.3 is 11.7 Å². The summed E-state index contributed by atoms with van der Waals surface area (Å²) in [4.78, 5) is 52.9. The molecule has 2 aromatic heterocycles. The van der Waals surface area contributed by atoms with Gasteiger partial charge in [0.05, 0.1) is 24.7 Å². The van der Waals surface area contributed by atoms with Gasteiger partial charge in [0, 0.05) is 18.6 Å². The van der Waals surface area contributed by atoms with E-state index >= 15 is 0 Å². The Hall–Kier alpha value is -3.21. The number of rotatable bonds is 4. The molecule has 3 rings (SSSR count). The summed E-state index contributed by atoms with van der Waals surface area (Å²) in [5, 5.41) is 2.63. The molecular weight excluding hydrogens is 434 g/mol. The van der Waals surface area contributed by atoms with Crippen molar-refractivity contribution in [1.29, 1.82) is 0 Å². The summed E-state index contributed by atoms with van der Waals surface area (Å²) >= 11 is 3.27. The summed E-state index contributed by atoms with van der Waals surface area (Å²) in [7, 11) is 4.09. The summed E-state index contributed by atoms with van der Waals surface area (Å²) in [5.41, 5.74) is -0.306. The van der Waals surface area contributed by atoms with Gasteiger partial charge in [-0.2, -0.15) is 0 Å². The van der Waals surface area contributed by atoms with E-state index in [1.165, 1.54) is 42.7 Å². The number of benzene rings is 1. The number of imidazole rings is 1. The maximum absolute atomic E-state index is 12.5. The quantitative estimate of drug-likeness (QED) is 0.583. The molecule has 0 fully saturated rings. The molecule has 10 nitrogen and oxygen atoms in total. The predicted octanol–water partition coefficient (Wildman–Crippen LogP) is 0.621. The number of esters is 1. The van der Waals surface area contributed by atoms with Crippen LogP contribution in [0.3, 0.4) is 0 Å². The Balaban J connectivity index is 1.95. The predicted molar refractivity (Wildman–Crippen MR) is 104 cm³/mol. The number of methoxy groups -OCH3 is 1. The lowest BCUT2D eigenvalue weighted by Gasteiger charge is -2.11. The number of hydrogen-bond acceptors (Lipinski definition) is 6. The van der Waals surface area contributed by atoms with Gasteiger partial charge in [0.15, 0.2) is 11.2 Å². The normalized spacial score (nSPS) is 10.9. The Labute approximate surface area is 166 Å². The molecule has 3 aromatic rings. The smallest absolute Gasteiger partial charge is 0.340 e. The molecule has 1 aromatic carbocycles. The van der Waals surface area contributed by atoms with Gasteiger partial charge in [0.2, 0.25) is 5.91 Å². The Morgan fingerprint density at radius 1 is 1.21 bits per heavy atom. The molecule has 0 aliphatic carbocycles. The van der Waals surface area contributed by atoms with Crippen LogP contribution >= 0.6 is 15.9 Å². The van der Waals surface area contributed by atoms with Crippen molar-refractivity contribution in [2.45, 2.75) is 6.54 Å². The zero-order valence-electron chi connectivity index (χ0n) is 15.2. The van der Waals surface area contributed by atoms with E-state index in [0.29, 0.717) is 4.47 Å². The monoisotopic (exact) mass is 449 g/mol. The third kappa shape index (κ3) is 3.36. The van der Waals surface area contributed by atoms with Crippen LogP contribution in [-0.2, 0) is 30.2 Å². The van der Waals surface area contributed by atoms with Crippen molar-refractivity contribution < 1.29 is 14.3 Å². The molecule has 1 amide bonds. The third-order valence-corrected chi connectivity index (χ3v) is 4.69. The fourth-order valence-electron chi connectivity index (χ4n) is 2.77. The Bertz CT molecular complexity index is 1220. The minimum Gasteiger partial charge on any atom is -0.465 e. The molecule has 0 spiro atoms. The standard InChI is InChI=1S/C17H16BrN5O5/c1-21-14-13(15(25)22(2)17(21)27)23(8-19-14)7-12(24)20-11-5-4-9(18)6-10(11)16(26)28-3/h4-6,8H,7H2,1-3H3,(H,20,24). The summed E-state index contributed by atoms with van der Waals surface area (Å²) in [6, 6.07) is 4.75. The van der Waals surface area contributed by atoms with Crippen molar-refractivity contribution in [2.75, 3.05) is 12.4 Å². The number of ether oxygens (including phenoxy) is 1. The topological polar surface area (TPSA) is 117 Å². The Morgan fingerprint density at radius 2 is 1.93 bits per heavy atom. The van der Waals surface area contributed by atoms with Gasteiger partial charge in [0.25, 0.3) is 5.56 Å². The van der Waals surface area contributed by atoms with Crippen LogP contribution in [0.2, 0.25) is 0 Å². The molecule has 0 saturated carbocycles. The summed E-state index contributed by atoms with van der Waals surface area (Å²) in [6.07, 6.45) is 1.31. The summed E-state index contributed by atoms with van der Waals surface area (Å²) in [6.45, 7) is -0.235. The molecule has 0 radical (unpaired) electrons. The first-order valence-corrected chi connectivity index (χ1v) is 8.82. The molecule has 0 atom stereocenters. The number of anilines is 1. The van der Waals surface area contributed by atoms with Crippen molar-refractivity contribution in [1.82, 2.24) is 18.7 Å². The maximum Gasteiger partial charge on any atom is 0.340 e. The van der Waals surface area contributed by atoms with E-state index in [1.807, 2.05) is 0 Å². The highest BCUT2D eigenvalue weighted by Gasteiger charge is 2.18. The zero-order valence-corrected chi connectivity index (χ0v) is 16.8. The van der Waals surface area contributed by atoms with Gasteiger partial charge in [-0.25, -0.2) is 14.6 Å². The number of carbonyl (C=O) groups excluding carboxylic acids is 2. The molecule has 28 heavy (non-hydrogen) atoms. The number of aryl methyl sites for hydroxylation is 1. The largest absolute Gasteiger partial charge is 0.465 e. The number of fused-ring (bicyclic) bond motifs is 1. The first kappa shape index (κ1) is 19.5. The average Bonchev–Trinajstić information content (AvgIpc) is 3.08. The zero-order chi connectivity index (χ0) is 20.6. The Morgan fingerprint density at radius 3 is 2.61 bits per heavy atom. The van der Waals surface area contributed by atoms with Gasteiger partial charge in [-0.05, 0) is 18.2 Å². The van der Waals surface area contributed by atoms with Crippen molar-refractivity contribution in [3.05, 3.63) is 55.4 Å². The van der Waals surface area contributed by atoms with Crippen LogP contribution in [0.15, 0.2) is 38.6 Å². The average molecular weight is 450 g/mol. The van der Waals surface area contributed by atoms with Gasteiger partial charge in [-0.15, -0.1) is 0 Å². The highest BCUT2D eigenvalue weighted by Crippen LogP contribution is 2.22.